The van der Waals surface area contributed by atoms with Crippen LogP contribution in [0, 0.1) is 5.92 Å². The zero-order valence-electron chi connectivity index (χ0n) is 15.3. The van der Waals surface area contributed by atoms with E-state index in [-0.39, 0.29) is 23.9 Å². The van der Waals surface area contributed by atoms with E-state index in [0.717, 1.165) is 10.9 Å². The molecule has 0 unspecified atom stereocenters. The first-order valence-corrected chi connectivity index (χ1v) is 9.26. The van der Waals surface area contributed by atoms with Gasteiger partial charge in [0.15, 0.2) is 0 Å². The monoisotopic (exact) mass is 384 g/mol. The van der Waals surface area contributed by atoms with E-state index in [1.54, 1.807) is 12.1 Å². The van der Waals surface area contributed by atoms with Crippen molar-refractivity contribution in [1.82, 2.24) is 15.3 Å². The lowest BCUT2D eigenvalue weighted by molar-refractivity contribution is -0.140. The van der Waals surface area contributed by atoms with Crippen molar-refractivity contribution >= 4 is 34.2 Å². The van der Waals surface area contributed by atoms with Crippen LogP contribution < -0.4 is 5.43 Å². The highest BCUT2D eigenvalue weighted by atomic mass is 16.2. The second kappa shape index (κ2) is 6.63. The summed E-state index contributed by atoms with van der Waals surface area (Å²) >= 11 is 0. The quantitative estimate of drug-likeness (QED) is 0.548. The maximum atomic E-state index is 13.0. The summed E-state index contributed by atoms with van der Waals surface area (Å²) in [6, 6.07) is 19.3. The Labute approximate surface area is 166 Å². The van der Waals surface area contributed by atoms with Gasteiger partial charge < -0.3 is 0 Å². The van der Waals surface area contributed by atoms with Gasteiger partial charge in [-0.1, -0.05) is 54.6 Å². The van der Waals surface area contributed by atoms with Crippen molar-refractivity contribution < 1.29 is 14.4 Å². The molecule has 1 fully saturated rings. The minimum Gasteiger partial charge on any atom is -0.296 e. The van der Waals surface area contributed by atoms with Gasteiger partial charge in [-0.3, -0.25) is 24.7 Å². The maximum absolute atomic E-state index is 13.0. The van der Waals surface area contributed by atoms with Crippen LogP contribution in [-0.4, -0.2) is 39.2 Å². The van der Waals surface area contributed by atoms with E-state index in [1.165, 1.54) is 4.90 Å². The Balaban J connectivity index is 1.43. The van der Waals surface area contributed by atoms with Gasteiger partial charge in [-0.2, -0.15) is 5.10 Å². The zero-order chi connectivity index (χ0) is 20.0. The van der Waals surface area contributed by atoms with Crippen molar-refractivity contribution in [3.05, 3.63) is 78.0 Å². The first kappa shape index (κ1) is 17.2. The molecule has 142 valence electrons. The molecule has 1 saturated heterocycles. The second-order valence-electron chi connectivity index (χ2n) is 7.05. The number of nitrogens with zero attached hydrogens (tertiary/aromatic N) is 3. The molecule has 2 aliphatic rings. The Bertz CT molecular complexity index is 1190. The fraction of sp³-hybridized carbons (Fsp3) is 0.136. The number of pyridine rings is 1. The number of hydrogen-bond acceptors (Lipinski definition) is 6. The predicted octanol–water partition coefficient (Wildman–Crippen LogP) is 1.93. The van der Waals surface area contributed by atoms with E-state index < -0.39 is 23.7 Å². The van der Waals surface area contributed by atoms with Gasteiger partial charge >= 0.3 is 0 Å². The largest absolute Gasteiger partial charge is 0.296 e. The topological polar surface area (TPSA) is 91.7 Å². The summed E-state index contributed by atoms with van der Waals surface area (Å²) < 4.78 is 0. The first-order valence-electron chi connectivity index (χ1n) is 9.26. The van der Waals surface area contributed by atoms with Crippen molar-refractivity contribution in [3.63, 3.8) is 0 Å². The molecule has 0 aliphatic carbocycles. The van der Waals surface area contributed by atoms with Crippen LogP contribution >= 0.6 is 0 Å². The number of amides is 2. The summed E-state index contributed by atoms with van der Waals surface area (Å²) in [6.07, 6.45) is 0. The van der Waals surface area contributed by atoms with Crippen LogP contribution in [0.2, 0.25) is 0 Å². The number of para-hydroxylation sites is 1. The van der Waals surface area contributed by atoms with E-state index in [9.17, 15) is 14.4 Å². The molecular formula is C22H16N4O3. The smallest absolute Gasteiger partial charge is 0.254 e. The van der Waals surface area contributed by atoms with Gasteiger partial charge in [0.2, 0.25) is 11.7 Å². The zero-order valence-corrected chi connectivity index (χ0v) is 15.3. The number of hydrogen-bond donors (Lipinski definition) is 1. The van der Waals surface area contributed by atoms with Gasteiger partial charge in [0.05, 0.1) is 12.1 Å². The van der Waals surface area contributed by atoms with E-state index in [4.69, 9.17) is 0 Å². The third kappa shape index (κ3) is 2.79. The highest BCUT2D eigenvalue weighted by molar-refractivity contribution is 6.51. The molecule has 2 amide bonds. The lowest BCUT2D eigenvalue weighted by Crippen LogP contribution is -2.35. The number of rotatable bonds is 4. The number of Topliss-reactive ketones (excluding diaryl/α,β-unsaturated/α-hetero) is 1. The minimum absolute atomic E-state index is 0.0340. The molecule has 7 heteroatoms. The van der Waals surface area contributed by atoms with Gasteiger partial charge in [-0.15, -0.1) is 0 Å². The second-order valence-corrected chi connectivity index (χ2v) is 7.05. The molecule has 3 aromatic rings. The Morgan fingerprint density at radius 1 is 0.931 bits per heavy atom. The van der Waals surface area contributed by atoms with Gasteiger partial charge in [-0.05, 0) is 17.7 Å². The van der Waals surface area contributed by atoms with Gasteiger partial charge in [0.1, 0.15) is 23.4 Å². The first-order chi connectivity index (χ1) is 14.1. The molecule has 29 heavy (non-hydrogen) atoms. The Hall–Kier alpha value is -3.87. The lowest BCUT2D eigenvalue weighted by Gasteiger charge is -2.15. The molecule has 1 N–H and O–H groups in total. The Morgan fingerprint density at radius 3 is 2.52 bits per heavy atom. The summed E-state index contributed by atoms with van der Waals surface area (Å²) in [5.41, 5.74) is 4.44. The number of imide groups is 1. The van der Waals surface area contributed by atoms with Crippen molar-refractivity contribution in [2.75, 3.05) is 0 Å². The van der Waals surface area contributed by atoms with E-state index in [1.807, 2.05) is 54.6 Å². The van der Waals surface area contributed by atoms with Gasteiger partial charge in [-0.25, -0.2) is 4.98 Å². The molecule has 7 nitrogen and oxygen atoms in total. The average Bonchev–Trinajstić information content (AvgIpc) is 3.30. The normalized spacial score (nSPS) is 20.6. The van der Waals surface area contributed by atoms with E-state index in [2.05, 4.69) is 15.5 Å². The van der Waals surface area contributed by atoms with Crippen LogP contribution in [0.4, 0.5) is 0 Å². The summed E-state index contributed by atoms with van der Waals surface area (Å²) in [5, 5.41) is 4.94. The molecule has 2 aromatic carbocycles. The number of fused-ring (bicyclic) bond motifs is 2. The number of ketones is 1. The molecule has 0 radical (unpaired) electrons. The molecule has 2 atom stereocenters. The van der Waals surface area contributed by atoms with Crippen molar-refractivity contribution in [2.24, 2.45) is 11.0 Å². The number of benzene rings is 2. The van der Waals surface area contributed by atoms with E-state index >= 15 is 0 Å². The lowest BCUT2D eigenvalue weighted by atomic mass is 9.94. The van der Waals surface area contributed by atoms with Crippen molar-refractivity contribution in [1.29, 1.82) is 0 Å². The van der Waals surface area contributed by atoms with Crippen LogP contribution in [0.15, 0.2) is 71.8 Å². The minimum atomic E-state index is -0.924. The molecule has 0 saturated carbocycles. The summed E-state index contributed by atoms with van der Waals surface area (Å²) in [4.78, 5) is 44.3. The molecule has 0 spiro atoms. The fourth-order valence-electron chi connectivity index (χ4n) is 3.78. The average molecular weight is 384 g/mol. The molecule has 5 rings (SSSR count). The Kier molecular flexibility index (Phi) is 3.94. The maximum Gasteiger partial charge on any atom is 0.254 e. The van der Waals surface area contributed by atoms with Crippen LogP contribution in [0.1, 0.15) is 16.1 Å². The SMILES string of the molecule is O=C(C1=NN[C@@H]2C(=O)N(Cc3ccccc3)C(=O)[C@H]12)c1ccc2ccccc2n1. The highest BCUT2D eigenvalue weighted by Crippen LogP contribution is 2.28. The number of likely N-dealkylation sites (tertiary alicyclic amines) is 1. The molecule has 3 heterocycles. The van der Waals surface area contributed by atoms with E-state index in [0.29, 0.717) is 5.52 Å². The third-order valence-electron chi connectivity index (χ3n) is 5.26. The number of hydrazone groups is 1. The summed E-state index contributed by atoms with van der Waals surface area (Å²) in [5.74, 6) is -2.16. The number of nitrogens with one attached hydrogen (secondary N) is 1. The third-order valence-corrected chi connectivity index (χ3v) is 5.26. The standard InChI is InChI=1S/C22H16N4O3/c27-20(16-11-10-14-8-4-5-9-15(14)23-16)18-17-19(25-24-18)22(29)26(21(17)28)12-13-6-2-1-3-7-13/h1-11,17,19,25H,12H2/t17-,19+/m1/s1. The summed E-state index contributed by atoms with van der Waals surface area (Å²) in [6.45, 7) is 0.170. The molecule has 0 bridgehead atoms. The Morgan fingerprint density at radius 2 is 1.69 bits per heavy atom. The highest BCUT2D eigenvalue weighted by Gasteiger charge is 2.54. The van der Waals surface area contributed by atoms with Crippen LogP contribution in [0.25, 0.3) is 10.9 Å². The molecule has 2 aliphatic heterocycles. The van der Waals surface area contributed by atoms with Gasteiger partial charge in [0, 0.05) is 5.39 Å². The van der Waals surface area contributed by atoms with Crippen LogP contribution in [0.5, 0.6) is 0 Å². The molecular weight excluding hydrogens is 368 g/mol. The summed E-state index contributed by atoms with van der Waals surface area (Å²) in [7, 11) is 0. The number of carbonyl (C=O) groups excluding carboxylic acids is 3. The molecule has 1 aromatic heterocycles. The van der Waals surface area contributed by atoms with Crippen molar-refractivity contribution in [2.45, 2.75) is 12.6 Å². The predicted molar refractivity (Wildman–Crippen MR) is 106 cm³/mol. The van der Waals surface area contributed by atoms with Crippen LogP contribution in [-0.2, 0) is 16.1 Å². The fourth-order valence-corrected chi connectivity index (χ4v) is 3.78. The number of carbonyl (C=O) groups is 3. The number of aromatic nitrogens is 1. The van der Waals surface area contributed by atoms with Crippen molar-refractivity contribution in [3.8, 4) is 0 Å². The van der Waals surface area contributed by atoms with Gasteiger partial charge in [0.25, 0.3) is 5.91 Å². The van der Waals surface area contributed by atoms with Crippen LogP contribution in [0.3, 0.4) is 0 Å².